The van der Waals surface area contributed by atoms with Gasteiger partial charge in [0.2, 0.25) is 5.91 Å². The molecule has 2 aliphatic rings. The molecular formula is C17H22N2O4. The standard InChI is InChI=1S/C17H22N2O4/c1-11-7-14(11)18-16(21)15-8-13(20)9-19(15)17(22)23-10-12-5-3-2-4-6-12/h2-6,11,13-15,20H,7-10H2,1H3,(H,18,21)/t11-,13+,14-,15-/m0/s1. The molecule has 1 aromatic rings. The van der Waals surface area contributed by atoms with Crippen LogP contribution in [0.3, 0.4) is 0 Å². The Kier molecular flexibility index (Phi) is 4.52. The van der Waals surface area contributed by atoms with Gasteiger partial charge in [-0.1, -0.05) is 37.3 Å². The van der Waals surface area contributed by atoms with Crippen molar-refractivity contribution in [2.75, 3.05) is 6.54 Å². The summed E-state index contributed by atoms with van der Waals surface area (Å²) in [4.78, 5) is 25.9. The number of amides is 2. The third-order valence-corrected chi connectivity index (χ3v) is 4.46. The van der Waals surface area contributed by atoms with E-state index in [1.807, 2.05) is 30.3 Å². The van der Waals surface area contributed by atoms with Crippen LogP contribution in [0.25, 0.3) is 0 Å². The van der Waals surface area contributed by atoms with E-state index in [0.29, 0.717) is 5.92 Å². The summed E-state index contributed by atoms with van der Waals surface area (Å²) in [5.74, 6) is 0.288. The summed E-state index contributed by atoms with van der Waals surface area (Å²) in [5.41, 5.74) is 0.883. The number of aliphatic hydroxyl groups is 1. The number of nitrogens with zero attached hydrogens (tertiary/aromatic N) is 1. The van der Waals surface area contributed by atoms with Crippen molar-refractivity contribution in [2.45, 2.75) is 44.6 Å². The van der Waals surface area contributed by atoms with E-state index < -0.39 is 18.2 Å². The Labute approximate surface area is 135 Å². The lowest BCUT2D eigenvalue weighted by atomic mass is 10.2. The first kappa shape index (κ1) is 15.8. The smallest absolute Gasteiger partial charge is 0.410 e. The van der Waals surface area contributed by atoms with Crippen LogP contribution in [0.15, 0.2) is 30.3 Å². The minimum Gasteiger partial charge on any atom is -0.445 e. The van der Waals surface area contributed by atoms with Gasteiger partial charge in [-0.05, 0) is 17.9 Å². The molecule has 1 aliphatic carbocycles. The third kappa shape index (κ3) is 3.82. The lowest BCUT2D eigenvalue weighted by Crippen LogP contribution is -2.46. The summed E-state index contributed by atoms with van der Waals surface area (Å²) in [5, 5.41) is 12.8. The Morgan fingerprint density at radius 2 is 2.00 bits per heavy atom. The zero-order chi connectivity index (χ0) is 16.4. The normalized spacial score (nSPS) is 29.2. The average molecular weight is 318 g/mol. The molecule has 2 amide bonds. The van der Waals surface area contributed by atoms with Crippen LogP contribution in [0.2, 0.25) is 0 Å². The van der Waals surface area contributed by atoms with E-state index in [9.17, 15) is 14.7 Å². The van der Waals surface area contributed by atoms with Crippen LogP contribution in [-0.4, -0.2) is 46.7 Å². The lowest BCUT2D eigenvalue weighted by Gasteiger charge is -2.23. The number of likely N-dealkylation sites (tertiary alicyclic amines) is 1. The highest BCUT2D eigenvalue weighted by Gasteiger charge is 2.42. The van der Waals surface area contributed by atoms with E-state index >= 15 is 0 Å². The summed E-state index contributed by atoms with van der Waals surface area (Å²) in [6, 6.07) is 8.91. The average Bonchev–Trinajstić information content (AvgIpc) is 3.08. The molecule has 1 heterocycles. The third-order valence-electron chi connectivity index (χ3n) is 4.46. The summed E-state index contributed by atoms with van der Waals surface area (Å²) >= 11 is 0. The Hall–Kier alpha value is -2.08. The number of rotatable bonds is 4. The predicted octanol–water partition coefficient (Wildman–Crippen LogP) is 1.28. The molecule has 0 unspecified atom stereocenters. The quantitative estimate of drug-likeness (QED) is 0.876. The maximum atomic E-state index is 12.3. The monoisotopic (exact) mass is 318 g/mol. The first-order valence-corrected chi connectivity index (χ1v) is 8.00. The maximum absolute atomic E-state index is 12.3. The number of β-amino-alcohol motifs (C(OH)–C–C–N with tert-alkyl or cyclic N) is 1. The van der Waals surface area contributed by atoms with E-state index in [0.717, 1.165) is 12.0 Å². The lowest BCUT2D eigenvalue weighted by molar-refractivity contribution is -0.125. The van der Waals surface area contributed by atoms with Crippen LogP contribution in [0.4, 0.5) is 4.79 Å². The molecule has 4 atom stereocenters. The minimum absolute atomic E-state index is 0.131. The number of benzene rings is 1. The van der Waals surface area contributed by atoms with Crippen molar-refractivity contribution in [3.8, 4) is 0 Å². The Bertz CT molecular complexity index is 577. The fourth-order valence-electron chi connectivity index (χ4n) is 2.87. The summed E-state index contributed by atoms with van der Waals surface area (Å²) in [6.07, 6.45) is -0.0200. The molecule has 23 heavy (non-hydrogen) atoms. The molecule has 0 aromatic heterocycles. The van der Waals surface area contributed by atoms with Gasteiger partial charge in [0.1, 0.15) is 12.6 Å². The fourth-order valence-corrected chi connectivity index (χ4v) is 2.87. The van der Waals surface area contributed by atoms with Crippen molar-refractivity contribution in [3.63, 3.8) is 0 Å². The highest BCUT2D eigenvalue weighted by atomic mass is 16.6. The van der Waals surface area contributed by atoms with Crippen molar-refractivity contribution in [1.29, 1.82) is 0 Å². The zero-order valence-electron chi connectivity index (χ0n) is 13.1. The number of nitrogens with one attached hydrogen (secondary N) is 1. The number of ether oxygens (including phenoxy) is 1. The van der Waals surface area contributed by atoms with Gasteiger partial charge in [-0.15, -0.1) is 0 Å². The zero-order valence-corrected chi connectivity index (χ0v) is 13.1. The van der Waals surface area contributed by atoms with Gasteiger partial charge in [0, 0.05) is 12.5 Å². The van der Waals surface area contributed by atoms with Gasteiger partial charge in [-0.2, -0.15) is 0 Å². The summed E-state index contributed by atoms with van der Waals surface area (Å²) in [7, 11) is 0. The molecule has 6 heteroatoms. The summed E-state index contributed by atoms with van der Waals surface area (Å²) in [6.45, 7) is 2.35. The Morgan fingerprint density at radius 3 is 2.65 bits per heavy atom. The molecule has 3 rings (SSSR count). The minimum atomic E-state index is -0.688. The number of carbonyl (C=O) groups is 2. The number of aliphatic hydroxyl groups excluding tert-OH is 1. The highest BCUT2D eigenvalue weighted by molar-refractivity contribution is 5.86. The molecule has 1 aliphatic heterocycles. The van der Waals surface area contributed by atoms with Gasteiger partial charge in [0.05, 0.1) is 12.6 Å². The highest BCUT2D eigenvalue weighted by Crippen LogP contribution is 2.30. The van der Waals surface area contributed by atoms with Gasteiger partial charge in [0.25, 0.3) is 0 Å². The van der Waals surface area contributed by atoms with Gasteiger partial charge in [0.15, 0.2) is 0 Å². The summed E-state index contributed by atoms with van der Waals surface area (Å²) < 4.78 is 5.28. The van der Waals surface area contributed by atoms with E-state index in [1.54, 1.807) is 0 Å². The SMILES string of the molecule is C[C@H]1C[C@@H]1NC(=O)[C@@H]1C[C@@H](O)CN1C(=O)OCc1ccccc1. The van der Waals surface area contributed by atoms with Crippen molar-refractivity contribution in [2.24, 2.45) is 5.92 Å². The van der Waals surface area contributed by atoms with Crippen LogP contribution in [0, 0.1) is 5.92 Å². The van der Waals surface area contributed by atoms with E-state index in [4.69, 9.17) is 4.74 Å². The molecule has 6 nitrogen and oxygen atoms in total. The molecule has 0 radical (unpaired) electrons. The number of carbonyl (C=O) groups excluding carboxylic acids is 2. The van der Waals surface area contributed by atoms with E-state index in [-0.39, 0.29) is 31.5 Å². The second kappa shape index (κ2) is 6.58. The van der Waals surface area contributed by atoms with Crippen LogP contribution < -0.4 is 5.32 Å². The first-order chi connectivity index (χ1) is 11.0. The fraction of sp³-hybridized carbons (Fsp3) is 0.529. The van der Waals surface area contributed by atoms with Crippen LogP contribution in [0.1, 0.15) is 25.3 Å². The van der Waals surface area contributed by atoms with E-state index in [2.05, 4.69) is 12.2 Å². The molecule has 2 N–H and O–H groups in total. The van der Waals surface area contributed by atoms with E-state index in [1.165, 1.54) is 4.90 Å². The molecular weight excluding hydrogens is 296 g/mol. The van der Waals surface area contributed by atoms with Crippen molar-refractivity contribution in [3.05, 3.63) is 35.9 Å². The molecule has 0 bridgehead atoms. The van der Waals surface area contributed by atoms with Crippen LogP contribution >= 0.6 is 0 Å². The van der Waals surface area contributed by atoms with Gasteiger partial charge in [-0.25, -0.2) is 4.79 Å². The second-order valence-electron chi connectivity index (χ2n) is 6.43. The largest absolute Gasteiger partial charge is 0.445 e. The van der Waals surface area contributed by atoms with Gasteiger partial charge < -0.3 is 15.2 Å². The van der Waals surface area contributed by atoms with Crippen molar-refractivity contribution >= 4 is 12.0 Å². The molecule has 1 saturated heterocycles. The molecule has 1 aromatic carbocycles. The maximum Gasteiger partial charge on any atom is 0.410 e. The van der Waals surface area contributed by atoms with Crippen molar-refractivity contribution < 1.29 is 19.4 Å². The molecule has 124 valence electrons. The number of hydrogen-bond acceptors (Lipinski definition) is 4. The first-order valence-electron chi connectivity index (χ1n) is 8.00. The van der Waals surface area contributed by atoms with Gasteiger partial charge >= 0.3 is 6.09 Å². The Morgan fingerprint density at radius 1 is 1.30 bits per heavy atom. The Balaban J connectivity index is 1.57. The van der Waals surface area contributed by atoms with Crippen LogP contribution in [0.5, 0.6) is 0 Å². The van der Waals surface area contributed by atoms with Crippen molar-refractivity contribution in [1.82, 2.24) is 10.2 Å². The number of hydrogen-bond donors (Lipinski definition) is 2. The predicted molar refractivity (Wildman–Crippen MR) is 83.5 cm³/mol. The molecule has 0 spiro atoms. The molecule has 1 saturated carbocycles. The second-order valence-corrected chi connectivity index (χ2v) is 6.43. The van der Waals surface area contributed by atoms with Crippen LogP contribution in [-0.2, 0) is 16.1 Å². The molecule has 2 fully saturated rings. The van der Waals surface area contributed by atoms with Gasteiger partial charge in [-0.3, -0.25) is 9.69 Å². The topological polar surface area (TPSA) is 78.9 Å².